The monoisotopic (exact) mass is 272 g/mol. The Balaban J connectivity index is 0.00000162. The number of anilines is 1. The first-order chi connectivity index (χ1) is 8.25. The summed E-state index contributed by atoms with van der Waals surface area (Å²) < 4.78 is 0. The van der Waals surface area contributed by atoms with Crippen LogP contribution in [0.3, 0.4) is 0 Å². The molecule has 0 radical (unpaired) electrons. The van der Waals surface area contributed by atoms with Crippen LogP contribution in [0.25, 0.3) is 0 Å². The van der Waals surface area contributed by atoms with Crippen molar-refractivity contribution in [2.24, 2.45) is 0 Å². The van der Waals surface area contributed by atoms with E-state index in [1.165, 1.54) is 0 Å². The van der Waals surface area contributed by atoms with Gasteiger partial charge in [-0.05, 0) is 0 Å². The van der Waals surface area contributed by atoms with E-state index in [1.807, 2.05) is 0 Å². The zero-order valence-corrected chi connectivity index (χ0v) is 10.8. The fraction of sp³-hybridized carbons (Fsp3) is 0.545. The molecule has 1 aliphatic heterocycles. The summed E-state index contributed by atoms with van der Waals surface area (Å²) in [5, 5.41) is 8.62. The zero-order valence-electron chi connectivity index (χ0n) is 10.0. The lowest BCUT2D eigenvalue weighted by Crippen LogP contribution is -2.47. The summed E-state index contributed by atoms with van der Waals surface area (Å²) in [6, 6.07) is 0. The Kier molecular flexibility index (Phi) is 5.80. The fourth-order valence-electron chi connectivity index (χ4n) is 1.91. The zero-order chi connectivity index (χ0) is 12.1. The van der Waals surface area contributed by atoms with Crippen molar-refractivity contribution < 1.29 is 9.90 Å². The highest BCUT2D eigenvalue weighted by Gasteiger charge is 2.18. The topological polar surface area (TPSA) is 69.6 Å². The smallest absolute Gasteiger partial charge is 0.304 e. The molecular formula is C11H17ClN4O2. The van der Waals surface area contributed by atoms with Crippen LogP contribution in [-0.4, -0.2) is 58.7 Å². The summed E-state index contributed by atoms with van der Waals surface area (Å²) in [4.78, 5) is 23.1. The Bertz CT molecular complexity index is 369. The molecule has 0 saturated carbocycles. The van der Waals surface area contributed by atoms with E-state index >= 15 is 0 Å². The number of aliphatic carboxylic acids is 1. The van der Waals surface area contributed by atoms with E-state index < -0.39 is 5.97 Å². The highest BCUT2D eigenvalue weighted by molar-refractivity contribution is 5.85. The van der Waals surface area contributed by atoms with Gasteiger partial charge in [-0.25, -0.2) is 4.98 Å². The molecule has 0 unspecified atom stereocenters. The van der Waals surface area contributed by atoms with Crippen molar-refractivity contribution >= 4 is 24.2 Å². The van der Waals surface area contributed by atoms with Gasteiger partial charge in [0.2, 0.25) is 0 Å². The van der Waals surface area contributed by atoms with Crippen molar-refractivity contribution in [1.29, 1.82) is 0 Å². The molecule has 1 aromatic heterocycles. The first-order valence-electron chi connectivity index (χ1n) is 5.71. The van der Waals surface area contributed by atoms with Crippen molar-refractivity contribution in [3.05, 3.63) is 18.6 Å². The number of nitrogens with zero attached hydrogens (tertiary/aromatic N) is 4. The minimum atomic E-state index is -0.735. The molecule has 2 rings (SSSR count). The van der Waals surface area contributed by atoms with Gasteiger partial charge in [0.05, 0.1) is 12.6 Å². The molecule has 7 heteroatoms. The third-order valence-corrected chi connectivity index (χ3v) is 2.89. The number of aromatic nitrogens is 2. The van der Waals surface area contributed by atoms with E-state index in [1.54, 1.807) is 18.6 Å². The summed E-state index contributed by atoms with van der Waals surface area (Å²) in [5.41, 5.74) is 0. The average Bonchev–Trinajstić information content (AvgIpc) is 2.38. The van der Waals surface area contributed by atoms with E-state index in [4.69, 9.17) is 5.11 Å². The molecule has 1 saturated heterocycles. The maximum Gasteiger partial charge on any atom is 0.304 e. The Morgan fingerprint density at radius 1 is 1.28 bits per heavy atom. The molecule has 1 N–H and O–H groups in total. The molecule has 0 aliphatic carbocycles. The molecule has 2 heterocycles. The normalized spacial score (nSPS) is 16.1. The minimum absolute atomic E-state index is 0. The highest BCUT2D eigenvalue weighted by atomic mass is 35.5. The van der Waals surface area contributed by atoms with Gasteiger partial charge in [0.1, 0.15) is 5.82 Å². The van der Waals surface area contributed by atoms with Gasteiger partial charge in [-0.2, -0.15) is 0 Å². The van der Waals surface area contributed by atoms with E-state index in [-0.39, 0.29) is 18.8 Å². The van der Waals surface area contributed by atoms with Gasteiger partial charge in [-0.15, -0.1) is 12.4 Å². The van der Waals surface area contributed by atoms with Crippen molar-refractivity contribution in [1.82, 2.24) is 14.9 Å². The lowest BCUT2D eigenvalue weighted by atomic mass is 10.3. The highest BCUT2D eigenvalue weighted by Crippen LogP contribution is 2.11. The molecule has 18 heavy (non-hydrogen) atoms. The van der Waals surface area contributed by atoms with E-state index in [9.17, 15) is 4.79 Å². The predicted molar refractivity (Wildman–Crippen MR) is 70.2 cm³/mol. The Hall–Kier alpha value is -1.40. The molecule has 0 atom stereocenters. The molecule has 100 valence electrons. The molecule has 1 fully saturated rings. The van der Waals surface area contributed by atoms with E-state index in [0.29, 0.717) is 6.54 Å². The van der Waals surface area contributed by atoms with E-state index in [0.717, 1.165) is 32.0 Å². The van der Waals surface area contributed by atoms with Crippen LogP contribution in [-0.2, 0) is 4.79 Å². The second-order valence-corrected chi connectivity index (χ2v) is 4.04. The SMILES string of the molecule is Cl.O=C(O)CCN1CCN(c2cnccn2)CC1. The van der Waals surface area contributed by atoms with Crippen molar-refractivity contribution in [3.63, 3.8) is 0 Å². The Morgan fingerprint density at radius 3 is 2.56 bits per heavy atom. The second kappa shape index (κ2) is 7.13. The average molecular weight is 273 g/mol. The Labute approximate surface area is 112 Å². The molecule has 1 aromatic rings. The van der Waals surface area contributed by atoms with Crippen LogP contribution in [0.5, 0.6) is 0 Å². The van der Waals surface area contributed by atoms with Crippen LogP contribution < -0.4 is 4.90 Å². The van der Waals surface area contributed by atoms with Gasteiger partial charge in [-0.3, -0.25) is 14.7 Å². The Morgan fingerprint density at radius 2 is 2.00 bits per heavy atom. The second-order valence-electron chi connectivity index (χ2n) is 4.04. The molecule has 0 spiro atoms. The summed E-state index contributed by atoms with van der Waals surface area (Å²) in [6.07, 6.45) is 5.32. The number of halogens is 1. The third-order valence-electron chi connectivity index (χ3n) is 2.89. The van der Waals surface area contributed by atoms with Crippen LogP contribution in [0.2, 0.25) is 0 Å². The number of rotatable bonds is 4. The maximum absolute atomic E-state index is 10.5. The molecule has 1 aliphatic rings. The van der Waals surface area contributed by atoms with E-state index in [2.05, 4.69) is 19.8 Å². The number of piperazine rings is 1. The minimum Gasteiger partial charge on any atom is -0.481 e. The van der Waals surface area contributed by atoms with Crippen LogP contribution in [0.4, 0.5) is 5.82 Å². The van der Waals surface area contributed by atoms with Crippen molar-refractivity contribution in [3.8, 4) is 0 Å². The van der Waals surface area contributed by atoms with Gasteiger partial charge < -0.3 is 10.0 Å². The molecule has 0 bridgehead atoms. The molecule has 0 aromatic carbocycles. The fourth-order valence-corrected chi connectivity index (χ4v) is 1.91. The van der Waals surface area contributed by atoms with Gasteiger partial charge in [-0.1, -0.05) is 0 Å². The quantitative estimate of drug-likeness (QED) is 0.861. The lowest BCUT2D eigenvalue weighted by molar-refractivity contribution is -0.137. The molecular weight excluding hydrogens is 256 g/mol. The number of hydrogen-bond donors (Lipinski definition) is 1. The third kappa shape index (κ3) is 4.12. The first-order valence-corrected chi connectivity index (χ1v) is 5.71. The number of carboxylic acids is 1. The van der Waals surface area contributed by atoms with Crippen molar-refractivity contribution in [2.75, 3.05) is 37.6 Å². The van der Waals surface area contributed by atoms with Crippen LogP contribution in [0, 0.1) is 0 Å². The summed E-state index contributed by atoms with van der Waals surface area (Å²) in [7, 11) is 0. The van der Waals surface area contributed by atoms with Gasteiger partial charge in [0, 0.05) is 45.1 Å². The van der Waals surface area contributed by atoms with Crippen LogP contribution in [0.1, 0.15) is 6.42 Å². The molecule has 0 amide bonds. The maximum atomic E-state index is 10.5. The number of carboxylic acid groups (broad SMARTS) is 1. The van der Waals surface area contributed by atoms with Crippen LogP contribution >= 0.6 is 12.4 Å². The summed E-state index contributed by atoms with van der Waals surface area (Å²) in [6.45, 7) is 4.13. The summed E-state index contributed by atoms with van der Waals surface area (Å²) >= 11 is 0. The van der Waals surface area contributed by atoms with Gasteiger partial charge in [0.25, 0.3) is 0 Å². The lowest BCUT2D eigenvalue weighted by Gasteiger charge is -2.34. The number of carbonyl (C=O) groups is 1. The van der Waals surface area contributed by atoms with Crippen LogP contribution in [0.15, 0.2) is 18.6 Å². The largest absolute Gasteiger partial charge is 0.481 e. The standard InChI is InChI=1S/C11H16N4O2.ClH/c16-11(17)1-4-14-5-7-15(8-6-14)10-9-12-2-3-13-10;/h2-3,9H,1,4-8H2,(H,16,17);1H. The first kappa shape index (κ1) is 14.7. The molecule has 6 nitrogen and oxygen atoms in total. The number of hydrogen-bond acceptors (Lipinski definition) is 5. The van der Waals surface area contributed by atoms with Gasteiger partial charge >= 0.3 is 5.97 Å². The predicted octanol–water partition coefficient (Wildman–Crippen LogP) is 0.495. The van der Waals surface area contributed by atoms with Crippen molar-refractivity contribution in [2.45, 2.75) is 6.42 Å². The van der Waals surface area contributed by atoms with Gasteiger partial charge in [0.15, 0.2) is 0 Å². The summed E-state index contributed by atoms with van der Waals surface area (Å²) in [5.74, 6) is 0.159.